The van der Waals surface area contributed by atoms with E-state index in [4.69, 9.17) is 0 Å². The van der Waals surface area contributed by atoms with Crippen molar-refractivity contribution in [3.05, 3.63) is 43.0 Å². The minimum atomic E-state index is -0.0270. The lowest BCUT2D eigenvalue weighted by Crippen LogP contribution is -2.44. The molecule has 3 nitrogen and oxygen atoms in total. The summed E-state index contributed by atoms with van der Waals surface area (Å²) in [5, 5.41) is 2.92. The topological polar surface area (TPSA) is 32.3 Å². The minimum absolute atomic E-state index is 0.0270. The number of hydrogen-bond acceptors (Lipinski definition) is 1. The third kappa shape index (κ3) is 2.87. The summed E-state index contributed by atoms with van der Waals surface area (Å²) in [5.41, 5.74) is 0.839. The molecule has 1 aromatic carbocycles. The molecule has 1 heterocycles. The first kappa shape index (κ1) is 11.7. The Morgan fingerprint density at radius 3 is 2.82 bits per heavy atom. The largest absolute Gasteiger partial charge is 0.322 e. The molecule has 1 aliphatic heterocycles. The smallest absolute Gasteiger partial charge is 0.318 e. The fourth-order valence-electron chi connectivity index (χ4n) is 2.17. The first-order chi connectivity index (χ1) is 8.31. The van der Waals surface area contributed by atoms with Gasteiger partial charge in [-0.15, -0.1) is 6.58 Å². The van der Waals surface area contributed by atoms with Gasteiger partial charge in [0.05, 0.1) is 6.04 Å². The quantitative estimate of drug-likeness (QED) is 0.777. The van der Waals surface area contributed by atoms with Crippen LogP contribution in [0.2, 0.25) is 0 Å². The number of nitrogens with one attached hydrogen (secondary N) is 1. The molecule has 1 unspecified atom stereocenters. The summed E-state index contributed by atoms with van der Waals surface area (Å²) in [5.74, 6) is 0. The highest BCUT2D eigenvalue weighted by Gasteiger charge is 2.24. The normalized spacial score (nSPS) is 19.8. The standard InChI is InChI=1S/C14H18N2O/c1-2-13-10-6-7-11-16(13)14(17)15-12-8-4-3-5-9-12/h2-5,8-9,13H,1,6-7,10-11H2,(H,15,17). The van der Waals surface area contributed by atoms with Crippen molar-refractivity contribution in [2.45, 2.75) is 25.3 Å². The van der Waals surface area contributed by atoms with E-state index in [1.165, 1.54) is 6.42 Å². The molecule has 1 saturated heterocycles. The molecule has 0 saturated carbocycles. The van der Waals surface area contributed by atoms with Crippen LogP contribution in [0.1, 0.15) is 19.3 Å². The van der Waals surface area contributed by atoms with Gasteiger partial charge < -0.3 is 10.2 Å². The number of hydrogen-bond donors (Lipinski definition) is 1. The fraction of sp³-hybridized carbons (Fsp3) is 0.357. The Morgan fingerprint density at radius 1 is 1.35 bits per heavy atom. The van der Waals surface area contributed by atoms with Gasteiger partial charge >= 0.3 is 6.03 Å². The van der Waals surface area contributed by atoms with Gasteiger partial charge in [0.1, 0.15) is 0 Å². The van der Waals surface area contributed by atoms with Crippen LogP contribution in [0.25, 0.3) is 0 Å². The van der Waals surface area contributed by atoms with Crippen LogP contribution < -0.4 is 5.32 Å². The lowest BCUT2D eigenvalue weighted by molar-refractivity contribution is 0.180. The van der Waals surface area contributed by atoms with Crippen LogP contribution >= 0.6 is 0 Å². The van der Waals surface area contributed by atoms with Crippen LogP contribution in [-0.2, 0) is 0 Å². The van der Waals surface area contributed by atoms with E-state index >= 15 is 0 Å². The zero-order valence-electron chi connectivity index (χ0n) is 9.93. The van der Waals surface area contributed by atoms with Gasteiger partial charge in [0.25, 0.3) is 0 Å². The number of nitrogens with zero attached hydrogens (tertiary/aromatic N) is 1. The van der Waals surface area contributed by atoms with E-state index in [1.807, 2.05) is 41.3 Å². The van der Waals surface area contributed by atoms with E-state index in [1.54, 1.807) is 0 Å². The minimum Gasteiger partial charge on any atom is -0.318 e. The van der Waals surface area contributed by atoms with Crippen LogP contribution in [0.15, 0.2) is 43.0 Å². The molecule has 3 heteroatoms. The maximum Gasteiger partial charge on any atom is 0.322 e. The fourth-order valence-corrected chi connectivity index (χ4v) is 2.17. The van der Waals surface area contributed by atoms with E-state index in [9.17, 15) is 4.79 Å². The highest BCUT2D eigenvalue weighted by molar-refractivity contribution is 5.89. The number of urea groups is 1. The van der Waals surface area contributed by atoms with Gasteiger partial charge in [-0.1, -0.05) is 24.3 Å². The van der Waals surface area contributed by atoms with Gasteiger partial charge in [0.2, 0.25) is 0 Å². The summed E-state index contributed by atoms with van der Waals surface area (Å²) in [4.78, 5) is 14.0. The van der Waals surface area contributed by atoms with Crippen LogP contribution in [0.5, 0.6) is 0 Å². The van der Waals surface area contributed by atoms with Gasteiger partial charge in [-0.2, -0.15) is 0 Å². The molecule has 17 heavy (non-hydrogen) atoms. The van der Waals surface area contributed by atoms with Crippen molar-refractivity contribution in [2.75, 3.05) is 11.9 Å². The molecule has 1 fully saturated rings. The molecule has 0 radical (unpaired) electrons. The van der Waals surface area contributed by atoms with Gasteiger partial charge in [0, 0.05) is 12.2 Å². The molecule has 2 rings (SSSR count). The molecule has 1 atom stereocenters. The Bertz CT molecular complexity index is 388. The predicted octanol–water partition coefficient (Wildman–Crippen LogP) is 3.26. The van der Waals surface area contributed by atoms with E-state index in [0.29, 0.717) is 0 Å². The first-order valence-corrected chi connectivity index (χ1v) is 6.06. The van der Waals surface area contributed by atoms with Crippen LogP contribution in [-0.4, -0.2) is 23.5 Å². The molecular formula is C14H18N2O. The molecule has 0 aromatic heterocycles. The van der Waals surface area contributed by atoms with Crippen molar-refractivity contribution in [1.29, 1.82) is 0 Å². The van der Waals surface area contributed by atoms with Crippen molar-refractivity contribution >= 4 is 11.7 Å². The second-order valence-electron chi connectivity index (χ2n) is 4.29. The molecule has 0 bridgehead atoms. The Labute approximate surface area is 102 Å². The van der Waals surface area contributed by atoms with Crippen molar-refractivity contribution in [3.63, 3.8) is 0 Å². The molecule has 1 N–H and O–H groups in total. The van der Waals surface area contributed by atoms with Crippen molar-refractivity contribution in [2.24, 2.45) is 0 Å². The third-order valence-electron chi connectivity index (χ3n) is 3.11. The number of rotatable bonds is 2. The summed E-state index contributed by atoms with van der Waals surface area (Å²) in [6.45, 7) is 4.62. The second kappa shape index (κ2) is 5.53. The number of amides is 2. The number of anilines is 1. The molecular weight excluding hydrogens is 212 g/mol. The highest BCUT2D eigenvalue weighted by Crippen LogP contribution is 2.19. The van der Waals surface area contributed by atoms with Crippen molar-refractivity contribution < 1.29 is 4.79 Å². The van der Waals surface area contributed by atoms with Crippen LogP contribution in [0.4, 0.5) is 10.5 Å². The Balaban J connectivity index is 2.01. The number of carbonyl (C=O) groups is 1. The molecule has 0 aliphatic carbocycles. The highest BCUT2D eigenvalue weighted by atomic mass is 16.2. The van der Waals surface area contributed by atoms with Crippen molar-refractivity contribution in [3.8, 4) is 0 Å². The number of para-hydroxylation sites is 1. The van der Waals surface area contributed by atoms with E-state index < -0.39 is 0 Å². The summed E-state index contributed by atoms with van der Waals surface area (Å²) in [6, 6.07) is 9.69. The van der Waals surface area contributed by atoms with Crippen LogP contribution in [0.3, 0.4) is 0 Å². The summed E-state index contributed by atoms with van der Waals surface area (Å²) >= 11 is 0. The number of carbonyl (C=O) groups excluding carboxylic acids is 1. The first-order valence-electron chi connectivity index (χ1n) is 6.06. The van der Waals surface area contributed by atoms with E-state index in [-0.39, 0.29) is 12.1 Å². The molecule has 2 amide bonds. The zero-order chi connectivity index (χ0) is 12.1. The van der Waals surface area contributed by atoms with Gasteiger partial charge in [-0.05, 0) is 31.4 Å². The molecule has 1 aliphatic rings. The SMILES string of the molecule is C=CC1CCCCN1C(=O)Nc1ccccc1. The van der Waals surface area contributed by atoms with E-state index in [2.05, 4.69) is 11.9 Å². The Kier molecular flexibility index (Phi) is 3.81. The molecule has 0 spiro atoms. The Morgan fingerprint density at radius 2 is 2.12 bits per heavy atom. The average Bonchev–Trinajstić information content (AvgIpc) is 2.40. The summed E-state index contributed by atoms with van der Waals surface area (Å²) in [6.07, 6.45) is 5.13. The monoisotopic (exact) mass is 230 g/mol. The van der Waals surface area contributed by atoms with E-state index in [0.717, 1.165) is 25.1 Å². The van der Waals surface area contributed by atoms with Gasteiger partial charge in [-0.25, -0.2) is 4.79 Å². The lowest BCUT2D eigenvalue weighted by Gasteiger charge is -2.33. The van der Waals surface area contributed by atoms with Crippen molar-refractivity contribution in [1.82, 2.24) is 4.90 Å². The van der Waals surface area contributed by atoms with Gasteiger partial charge in [-0.3, -0.25) is 0 Å². The maximum absolute atomic E-state index is 12.1. The lowest BCUT2D eigenvalue weighted by atomic mass is 10.0. The Hall–Kier alpha value is -1.77. The second-order valence-corrected chi connectivity index (χ2v) is 4.29. The molecule has 1 aromatic rings. The summed E-state index contributed by atoms with van der Waals surface area (Å²) in [7, 11) is 0. The van der Waals surface area contributed by atoms with Crippen LogP contribution in [0, 0.1) is 0 Å². The third-order valence-corrected chi connectivity index (χ3v) is 3.11. The zero-order valence-corrected chi connectivity index (χ0v) is 9.93. The number of likely N-dealkylation sites (tertiary alicyclic amines) is 1. The predicted molar refractivity (Wildman–Crippen MR) is 70.0 cm³/mol. The average molecular weight is 230 g/mol. The number of benzene rings is 1. The summed E-state index contributed by atoms with van der Waals surface area (Å²) < 4.78 is 0. The van der Waals surface area contributed by atoms with Gasteiger partial charge in [0.15, 0.2) is 0 Å². The number of piperidine rings is 1. The maximum atomic E-state index is 12.1. The molecule has 90 valence electrons.